The summed E-state index contributed by atoms with van der Waals surface area (Å²) in [5.41, 5.74) is 8.03. The van der Waals surface area contributed by atoms with Crippen LogP contribution < -0.4 is 15.2 Å². The van der Waals surface area contributed by atoms with Crippen molar-refractivity contribution in [3.05, 3.63) is 89.5 Å². The summed E-state index contributed by atoms with van der Waals surface area (Å²) in [6, 6.07) is 15.9. The van der Waals surface area contributed by atoms with Gasteiger partial charge in [-0.25, -0.2) is 0 Å². The first-order valence-corrected chi connectivity index (χ1v) is 10.4. The fraction of sp³-hybridized carbons (Fsp3) is 0.111. The second kappa shape index (κ2) is 10.9. The van der Waals surface area contributed by atoms with Gasteiger partial charge in [0.1, 0.15) is 5.92 Å². The van der Waals surface area contributed by atoms with Crippen molar-refractivity contribution in [3.8, 4) is 23.0 Å². The minimum absolute atomic E-state index is 0.0168. The molecule has 0 aliphatic carbocycles. The third-order valence-electron chi connectivity index (χ3n) is 5.13. The van der Waals surface area contributed by atoms with Crippen LogP contribution in [0.4, 0.5) is 5.69 Å². The van der Waals surface area contributed by atoms with Crippen molar-refractivity contribution < 1.29 is 29.3 Å². The lowest BCUT2D eigenvalue weighted by molar-refractivity contribution is -0.124. The third-order valence-corrected chi connectivity index (χ3v) is 5.13. The Morgan fingerprint density at radius 1 is 0.765 bits per heavy atom. The molecular formula is C27H25NO6. The van der Waals surface area contributed by atoms with Gasteiger partial charge in [0.2, 0.25) is 0 Å². The van der Waals surface area contributed by atoms with E-state index in [1.54, 1.807) is 60.7 Å². The van der Waals surface area contributed by atoms with Crippen LogP contribution in [0.2, 0.25) is 0 Å². The summed E-state index contributed by atoms with van der Waals surface area (Å²) in [7, 11) is 2.86. The number of nitrogen functional groups attached to an aromatic ring is 1. The first-order valence-electron chi connectivity index (χ1n) is 10.4. The number of ketones is 2. The number of ether oxygens (including phenoxy) is 2. The molecule has 3 rings (SSSR count). The zero-order valence-electron chi connectivity index (χ0n) is 18.8. The molecule has 3 aromatic rings. The molecule has 0 bridgehead atoms. The predicted molar refractivity (Wildman–Crippen MR) is 131 cm³/mol. The lowest BCUT2D eigenvalue weighted by Gasteiger charge is -2.12. The van der Waals surface area contributed by atoms with Crippen LogP contribution in [0.3, 0.4) is 0 Å². The molecule has 7 nitrogen and oxygen atoms in total. The molecule has 0 aromatic heterocycles. The second-order valence-corrected chi connectivity index (χ2v) is 7.43. The van der Waals surface area contributed by atoms with Crippen LogP contribution in [-0.2, 0) is 9.59 Å². The number of rotatable bonds is 9. The van der Waals surface area contributed by atoms with E-state index in [1.165, 1.54) is 38.5 Å². The first kappa shape index (κ1) is 24.1. The van der Waals surface area contributed by atoms with E-state index >= 15 is 0 Å². The molecular weight excluding hydrogens is 434 g/mol. The molecule has 0 aliphatic rings. The van der Waals surface area contributed by atoms with Gasteiger partial charge in [0.15, 0.2) is 34.6 Å². The molecule has 4 N–H and O–H groups in total. The molecule has 0 fully saturated rings. The second-order valence-electron chi connectivity index (χ2n) is 7.43. The number of carbonyl (C=O) groups excluding carboxylic acids is 2. The monoisotopic (exact) mass is 459 g/mol. The quantitative estimate of drug-likeness (QED) is 0.247. The number of hydrogen-bond donors (Lipinski definition) is 3. The molecule has 0 atom stereocenters. The fourth-order valence-electron chi connectivity index (χ4n) is 3.30. The maximum atomic E-state index is 13.1. The van der Waals surface area contributed by atoms with E-state index in [9.17, 15) is 19.8 Å². The number of phenols is 2. The summed E-state index contributed by atoms with van der Waals surface area (Å²) in [4.78, 5) is 26.2. The number of phenolic OH excluding ortho intramolecular Hbond substituents is 2. The van der Waals surface area contributed by atoms with E-state index in [0.29, 0.717) is 22.4 Å². The lowest BCUT2D eigenvalue weighted by Crippen LogP contribution is -2.19. The Morgan fingerprint density at radius 3 is 1.62 bits per heavy atom. The molecule has 0 radical (unpaired) electrons. The molecule has 34 heavy (non-hydrogen) atoms. The van der Waals surface area contributed by atoms with Gasteiger partial charge in [0.05, 0.1) is 14.2 Å². The molecule has 7 heteroatoms. The van der Waals surface area contributed by atoms with Crippen LogP contribution >= 0.6 is 0 Å². The number of anilines is 1. The van der Waals surface area contributed by atoms with Crippen LogP contribution in [-0.4, -0.2) is 36.0 Å². The van der Waals surface area contributed by atoms with Gasteiger partial charge in [-0.3, -0.25) is 9.59 Å². The summed E-state index contributed by atoms with van der Waals surface area (Å²) in [5, 5.41) is 19.5. The third kappa shape index (κ3) is 5.83. The van der Waals surface area contributed by atoms with Crippen molar-refractivity contribution >= 4 is 29.4 Å². The number of benzene rings is 3. The average Bonchev–Trinajstić information content (AvgIpc) is 2.84. The highest BCUT2D eigenvalue weighted by molar-refractivity contribution is 6.17. The molecule has 3 aromatic carbocycles. The number of methoxy groups -OCH3 is 2. The summed E-state index contributed by atoms with van der Waals surface area (Å²) in [6.45, 7) is 0. The van der Waals surface area contributed by atoms with Crippen LogP contribution in [0.5, 0.6) is 23.0 Å². The zero-order valence-corrected chi connectivity index (χ0v) is 18.8. The van der Waals surface area contributed by atoms with E-state index in [-0.39, 0.29) is 23.0 Å². The molecule has 0 saturated carbocycles. The Kier molecular flexibility index (Phi) is 7.71. The predicted octanol–water partition coefficient (Wildman–Crippen LogP) is 4.35. The number of hydrogen-bond acceptors (Lipinski definition) is 7. The van der Waals surface area contributed by atoms with Gasteiger partial charge < -0.3 is 25.4 Å². The normalized spacial score (nSPS) is 12.1. The maximum absolute atomic E-state index is 13.1. The Morgan fingerprint density at radius 2 is 1.21 bits per heavy atom. The summed E-state index contributed by atoms with van der Waals surface area (Å²) in [6.07, 6.45) is 5.75. The molecule has 0 heterocycles. The average molecular weight is 459 g/mol. The Hall–Kier alpha value is -4.52. The van der Waals surface area contributed by atoms with E-state index in [1.807, 2.05) is 0 Å². The van der Waals surface area contributed by atoms with Crippen molar-refractivity contribution in [2.24, 2.45) is 0 Å². The fourth-order valence-corrected chi connectivity index (χ4v) is 3.30. The molecule has 174 valence electrons. The van der Waals surface area contributed by atoms with E-state index in [2.05, 4.69) is 0 Å². The molecule has 0 spiro atoms. The largest absolute Gasteiger partial charge is 0.504 e. The van der Waals surface area contributed by atoms with Crippen molar-refractivity contribution in [1.29, 1.82) is 0 Å². The van der Waals surface area contributed by atoms with Gasteiger partial charge in [-0.15, -0.1) is 0 Å². The van der Waals surface area contributed by atoms with E-state index < -0.39 is 17.5 Å². The van der Waals surface area contributed by atoms with Gasteiger partial charge in [0, 0.05) is 5.69 Å². The highest BCUT2D eigenvalue weighted by Crippen LogP contribution is 2.29. The highest BCUT2D eigenvalue weighted by Gasteiger charge is 2.25. The standard InChI is InChI=1S/C27H25NO6/c1-33-25-15-17(3-11-21(25)29)5-13-23(31)27(19-7-9-20(28)10-8-19)24(32)14-6-18-4-12-22(30)26(16-18)34-2/h3-16,27,29-30H,28H2,1-2H3. The molecule has 0 amide bonds. The van der Waals surface area contributed by atoms with Gasteiger partial charge in [-0.1, -0.05) is 36.4 Å². The van der Waals surface area contributed by atoms with Crippen LogP contribution in [0.15, 0.2) is 72.8 Å². The van der Waals surface area contributed by atoms with Gasteiger partial charge in [-0.2, -0.15) is 0 Å². The summed E-state index contributed by atoms with van der Waals surface area (Å²) in [5.74, 6) is -1.41. The number of aromatic hydroxyl groups is 2. The van der Waals surface area contributed by atoms with Crippen molar-refractivity contribution in [2.75, 3.05) is 20.0 Å². The Labute approximate surface area is 197 Å². The van der Waals surface area contributed by atoms with Gasteiger partial charge >= 0.3 is 0 Å². The highest BCUT2D eigenvalue weighted by atomic mass is 16.5. The number of carbonyl (C=O) groups is 2. The van der Waals surface area contributed by atoms with Gasteiger partial charge in [0.25, 0.3) is 0 Å². The van der Waals surface area contributed by atoms with Gasteiger partial charge in [-0.05, 0) is 65.2 Å². The van der Waals surface area contributed by atoms with Crippen LogP contribution in [0.25, 0.3) is 12.2 Å². The number of nitrogens with two attached hydrogens (primary N) is 1. The lowest BCUT2D eigenvalue weighted by atomic mass is 9.89. The topological polar surface area (TPSA) is 119 Å². The minimum Gasteiger partial charge on any atom is -0.504 e. The van der Waals surface area contributed by atoms with Crippen molar-refractivity contribution in [3.63, 3.8) is 0 Å². The summed E-state index contributed by atoms with van der Waals surface area (Å²) < 4.78 is 10.2. The number of allylic oxidation sites excluding steroid dienone is 2. The van der Waals surface area contributed by atoms with Crippen LogP contribution in [0, 0.1) is 0 Å². The molecule has 0 saturated heterocycles. The molecule has 0 aliphatic heterocycles. The SMILES string of the molecule is COc1cc(C=CC(=O)C(C(=O)C=Cc2ccc(O)c(OC)c2)c2ccc(N)cc2)ccc1O. The van der Waals surface area contributed by atoms with Crippen LogP contribution in [0.1, 0.15) is 22.6 Å². The van der Waals surface area contributed by atoms with E-state index in [0.717, 1.165) is 0 Å². The van der Waals surface area contributed by atoms with Crippen molar-refractivity contribution in [2.45, 2.75) is 5.92 Å². The Bertz CT molecular complexity index is 1170. The smallest absolute Gasteiger partial charge is 0.170 e. The maximum Gasteiger partial charge on any atom is 0.170 e. The molecule has 0 unspecified atom stereocenters. The van der Waals surface area contributed by atoms with E-state index in [4.69, 9.17) is 15.2 Å². The zero-order chi connectivity index (χ0) is 24.7. The minimum atomic E-state index is -1.08. The Balaban J connectivity index is 1.89. The van der Waals surface area contributed by atoms with Crippen molar-refractivity contribution in [1.82, 2.24) is 0 Å². The first-order chi connectivity index (χ1) is 16.3. The summed E-state index contributed by atoms with van der Waals surface area (Å²) >= 11 is 0.